The van der Waals surface area contributed by atoms with Gasteiger partial charge in [-0.3, -0.25) is 0 Å². The molecule has 2 rings (SSSR count). The van der Waals surface area contributed by atoms with Gasteiger partial charge in [0, 0.05) is 37.3 Å². The van der Waals surface area contributed by atoms with Crippen LogP contribution in [-0.2, 0) is 6.54 Å². The molecule has 4 nitrogen and oxygen atoms in total. The average molecular weight is 268 g/mol. The number of anilines is 1. The van der Waals surface area contributed by atoms with Gasteiger partial charge in [0.05, 0.1) is 0 Å². The molecule has 1 atom stereocenters. The molecule has 1 aromatic rings. The molecule has 0 spiro atoms. The number of nitrogens with one attached hydrogen (secondary N) is 1. The summed E-state index contributed by atoms with van der Waals surface area (Å²) >= 11 is 1.80. The molecule has 1 aliphatic rings. The second-order valence-corrected chi connectivity index (χ2v) is 6.14. The van der Waals surface area contributed by atoms with E-state index in [4.69, 9.17) is 0 Å². The van der Waals surface area contributed by atoms with Gasteiger partial charge in [-0.25, -0.2) is 4.98 Å². The summed E-state index contributed by atoms with van der Waals surface area (Å²) in [7, 11) is 4.38. The SMILES string of the molecule is CCNCc1cnc(N(C)CC2CCCN2C)s1. The lowest BCUT2D eigenvalue weighted by Crippen LogP contribution is -2.36. The van der Waals surface area contributed by atoms with Crippen molar-refractivity contribution in [2.45, 2.75) is 32.4 Å². The molecule has 0 aliphatic carbocycles. The fourth-order valence-electron chi connectivity index (χ4n) is 2.41. The van der Waals surface area contributed by atoms with Gasteiger partial charge < -0.3 is 15.1 Å². The van der Waals surface area contributed by atoms with Gasteiger partial charge in [0.25, 0.3) is 0 Å². The molecule has 5 heteroatoms. The first-order chi connectivity index (χ1) is 8.70. The van der Waals surface area contributed by atoms with Crippen molar-refractivity contribution < 1.29 is 0 Å². The predicted octanol–water partition coefficient (Wildman–Crippen LogP) is 1.78. The molecule has 18 heavy (non-hydrogen) atoms. The topological polar surface area (TPSA) is 31.4 Å². The lowest BCUT2D eigenvalue weighted by molar-refractivity contribution is 0.314. The molecule has 0 saturated carbocycles. The van der Waals surface area contributed by atoms with Gasteiger partial charge >= 0.3 is 0 Å². The van der Waals surface area contributed by atoms with E-state index < -0.39 is 0 Å². The fourth-order valence-corrected chi connectivity index (χ4v) is 3.26. The highest BCUT2D eigenvalue weighted by molar-refractivity contribution is 7.15. The molecule has 0 aromatic carbocycles. The fraction of sp³-hybridized carbons (Fsp3) is 0.769. The van der Waals surface area contributed by atoms with E-state index in [-0.39, 0.29) is 0 Å². The maximum Gasteiger partial charge on any atom is 0.185 e. The lowest BCUT2D eigenvalue weighted by Gasteiger charge is -2.25. The molecule has 0 radical (unpaired) electrons. The first-order valence-electron chi connectivity index (χ1n) is 6.77. The maximum atomic E-state index is 4.52. The van der Waals surface area contributed by atoms with Crippen molar-refractivity contribution in [1.82, 2.24) is 15.2 Å². The second kappa shape index (κ2) is 6.50. The van der Waals surface area contributed by atoms with Crippen LogP contribution < -0.4 is 10.2 Å². The Morgan fingerprint density at radius 2 is 2.44 bits per heavy atom. The zero-order valence-electron chi connectivity index (χ0n) is 11.6. The highest BCUT2D eigenvalue weighted by Gasteiger charge is 2.22. The zero-order chi connectivity index (χ0) is 13.0. The molecule has 1 saturated heterocycles. The second-order valence-electron chi connectivity index (χ2n) is 5.05. The highest BCUT2D eigenvalue weighted by Crippen LogP contribution is 2.23. The number of rotatable bonds is 6. The van der Waals surface area contributed by atoms with E-state index in [2.05, 4.69) is 41.1 Å². The molecular formula is C13H24N4S. The Kier molecular flexibility index (Phi) is 4.97. The third kappa shape index (κ3) is 3.43. The van der Waals surface area contributed by atoms with Crippen molar-refractivity contribution in [2.24, 2.45) is 0 Å². The van der Waals surface area contributed by atoms with Gasteiger partial charge in [0.2, 0.25) is 0 Å². The minimum absolute atomic E-state index is 0.691. The molecular weight excluding hydrogens is 244 g/mol. The Morgan fingerprint density at radius 3 is 3.11 bits per heavy atom. The smallest absolute Gasteiger partial charge is 0.185 e. The summed E-state index contributed by atoms with van der Waals surface area (Å²) in [6, 6.07) is 0.691. The number of nitrogens with zero attached hydrogens (tertiary/aromatic N) is 3. The molecule has 1 N–H and O–H groups in total. The first kappa shape index (κ1) is 13.8. The lowest BCUT2D eigenvalue weighted by atomic mass is 10.2. The van der Waals surface area contributed by atoms with Crippen LogP contribution >= 0.6 is 11.3 Å². The van der Waals surface area contributed by atoms with Gasteiger partial charge in [0.15, 0.2) is 5.13 Å². The van der Waals surface area contributed by atoms with Crippen molar-refractivity contribution >= 4 is 16.5 Å². The Balaban J connectivity index is 1.88. The largest absolute Gasteiger partial charge is 0.350 e. The minimum Gasteiger partial charge on any atom is -0.350 e. The van der Waals surface area contributed by atoms with Crippen LogP contribution in [0.25, 0.3) is 0 Å². The van der Waals surface area contributed by atoms with Crippen molar-refractivity contribution in [3.63, 3.8) is 0 Å². The quantitative estimate of drug-likeness (QED) is 0.852. The van der Waals surface area contributed by atoms with Crippen LogP contribution in [0, 0.1) is 0 Å². The van der Waals surface area contributed by atoms with Crippen LogP contribution in [0.3, 0.4) is 0 Å². The molecule has 2 heterocycles. The Labute approximate surface area is 114 Å². The molecule has 1 fully saturated rings. The van der Waals surface area contributed by atoms with Crippen LogP contribution in [0.4, 0.5) is 5.13 Å². The number of thiazole rings is 1. The van der Waals surface area contributed by atoms with Crippen LogP contribution in [0.5, 0.6) is 0 Å². The summed E-state index contributed by atoms with van der Waals surface area (Å²) in [5.74, 6) is 0. The molecule has 1 aromatic heterocycles. The van der Waals surface area contributed by atoms with Gasteiger partial charge in [-0.05, 0) is 33.0 Å². The van der Waals surface area contributed by atoms with Crippen LogP contribution in [-0.4, -0.2) is 49.7 Å². The average Bonchev–Trinajstić information content (AvgIpc) is 2.97. The normalized spacial score (nSPS) is 20.5. The van der Waals surface area contributed by atoms with Gasteiger partial charge in [0.1, 0.15) is 0 Å². The van der Waals surface area contributed by atoms with Gasteiger partial charge in [-0.2, -0.15) is 0 Å². The summed E-state index contributed by atoms with van der Waals surface area (Å²) in [5, 5.41) is 4.48. The van der Waals surface area contributed by atoms with Crippen LogP contribution in [0.2, 0.25) is 0 Å². The Morgan fingerprint density at radius 1 is 1.61 bits per heavy atom. The number of aromatic nitrogens is 1. The van der Waals surface area contributed by atoms with E-state index in [9.17, 15) is 0 Å². The summed E-state index contributed by atoms with van der Waals surface area (Å²) in [4.78, 5) is 10.6. The number of hydrogen-bond acceptors (Lipinski definition) is 5. The highest BCUT2D eigenvalue weighted by atomic mass is 32.1. The summed E-state index contributed by atoms with van der Waals surface area (Å²) in [6.45, 7) is 6.40. The number of hydrogen-bond donors (Lipinski definition) is 1. The summed E-state index contributed by atoms with van der Waals surface area (Å²) in [5.41, 5.74) is 0. The van der Waals surface area contributed by atoms with Crippen molar-refractivity contribution in [1.29, 1.82) is 0 Å². The first-order valence-corrected chi connectivity index (χ1v) is 7.59. The number of likely N-dealkylation sites (tertiary alicyclic amines) is 1. The molecule has 0 amide bonds. The van der Waals surface area contributed by atoms with Gasteiger partial charge in [-0.1, -0.05) is 6.92 Å². The summed E-state index contributed by atoms with van der Waals surface area (Å²) < 4.78 is 0. The Hall–Kier alpha value is -0.650. The third-order valence-electron chi connectivity index (χ3n) is 3.57. The summed E-state index contributed by atoms with van der Waals surface area (Å²) in [6.07, 6.45) is 4.65. The maximum absolute atomic E-state index is 4.52. The van der Waals surface area contributed by atoms with Gasteiger partial charge in [-0.15, -0.1) is 11.3 Å². The zero-order valence-corrected chi connectivity index (χ0v) is 12.5. The molecule has 0 bridgehead atoms. The van der Waals surface area contributed by atoms with E-state index in [0.29, 0.717) is 6.04 Å². The minimum atomic E-state index is 0.691. The van der Waals surface area contributed by atoms with Crippen molar-refractivity contribution in [3.8, 4) is 0 Å². The molecule has 1 unspecified atom stereocenters. The van der Waals surface area contributed by atoms with E-state index in [1.807, 2.05) is 6.20 Å². The van der Waals surface area contributed by atoms with Crippen molar-refractivity contribution in [3.05, 3.63) is 11.1 Å². The molecule has 1 aliphatic heterocycles. The van der Waals surface area contributed by atoms with E-state index in [1.165, 1.54) is 24.3 Å². The monoisotopic (exact) mass is 268 g/mol. The van der Waals surface area contributed by atoms with Crippen LogP contribution in [0.1, 0.15) is 24.6 Å². The standard InChI is InChI=1S/C13H24N4S/c1-4-14-8-12-9-15-13(18-12)17(3)10-11-6-5-7-16(11)2/h9,11,14H,4-8,10H2,1-3H3. The van der Waals surface area contributed by atoms with E-state index in [1.54, 1.807) is 11.3 Å². The van der Waals surface area contributed by atoms with E-state index in [0.717, 1.165) is 24.8 Å². The number of likely N-dealkylation sites (N-methyl/N-ethyl adjacent to an activating group) is 2. The van der Waals surface area contributed by atoms with Crippen LogP contribution in [0.15, 0.2) is 6.20 Å². The van der Waals surface area contributed by atoms with E-state index >= 15 is 0 Å². The molecule has 102 valence electrons. The third-order valence-corrected chi connectivity index (χ3v) is 4.68. The Bertz CT molecular complexity index is 366. The predicted molar refractivity (Wildman–Crippen MR) is 78.4 cm³/mol. The van der Waals surface area contributed by atoms with Crippen molar-refractivity contribution in [2.75, 3.05) is 38.6 Å².